The van der Waals surface area contributed by atoms with E-state index in [9.17, 15) is 14.7 Å². The number of aromatic nitrogens is 1. The van der Waals surface area contributed by atoms with Crippen LogP contribution < -0.4 is 5.32 Å². The molecule has 0 fully saturated rings. The van der Waals surface area contributed by atoms with Crippen molar-refractivity contribution >= 4 is 39.9 Å². The van der Waals surface area contributed by atoms with Gasteiger partial charge >= 0.3 is 5.97 Å². The Bertz CT molecular complexity index is 1450. The number of nitrogens with zero attached hydrogens (tertiary/aromatic N) is 1. The number of aromatic carboxylic acids is 1. The fraction of sp³-hybridized carbons (Fsp3) is 0. The van der Waals surface area contributed by atoms with Crippen molar-refractivity contribution in [1.29, 1.82) is 0 Å². The highest BCUT2D eigenvalue weighted by atomic mass is 32.1. The van der Waals surface area contributed by atoms with E-state index in [0.29, 0.717) is 22.4 Å². The van der Waals surface area contributed by atoms with Crippen molar-refractivity contribution < 1.29 is 19.2 Å². The van der Waals surface area contributed by atoms with Crippen molar-refractivity contribution in [3.8, 4) is 22.4 Å². The summed E-state index contributed by atoms with van der Waals surface area (Å²) in [6.45, 7) is 0. The number of thiophene rings is 1. The van der Waals surface area contributed by atoms with Gasteiger partial charge in [0.1, 0.15) is 5.69 Å². The van der Waals surface area contributed by atoms with Crippen LogP contribution in [0.4, 0.5) is 5.88 Å². The van der Waals surface area contributed by atoms with E-state index in [2.05, 4.69) is 10.5 Å². The maximum Gasteiger partial charge on any atom is 0.336 e. The summed E-state index contributed by atoms with van der Waals surface area (Å²) in [5.74, 6) is -1.36. The predicted molar refractivity (Wildman–Crippen MR) is 124 cm³/mol. The predicted octanol–water partition coefficient (Wildman–Crippen LogP) is 6.17. The number of anilines is 1. The van der Waals surface area contributed by atoms with Crippen LogP contribution in [0.25, 0.3) is 33.2 Å². The second-order valence-corrected chi connectivity index (χ2v) is 7.86. The molecule has 0 aliphatic rings. The average molecular weight is 440 g/mol. The molecular weight excluding hydrogens is 424 g/mol. The Labute approximate surface area is 186 Å². The van der Waals surface area contributed by atoms with Crippen molar-refractivity contribution in [2.24, 2.45) is 0 Å². The number of hydrogen-bond donors (Lipinski definition) is 2. The summed E-state index contributed by atoms with van der Waals surface area (Å²) in [6.07, 6.45) is 0. The van der Waals surface area contributed by atoms with Gasteiger partial charge in [0.15, 0.2) is 0 Å². The Hall–Kier alpha value is -4.23. The molecule has 0 aliphatic heterocycles. The Morgan fingerprint density at radius 3 is 2.47 bits per heavy atom. The minimum atomic E-state index is -1.08. The fourth-order valence-electron chi connectivity index (χ4n) is 3.70. The third-order valence-electron chi connectivity index (χ3n) is 5.17. The molecule has 7 heteroatoms. The first-order valence-electron chi connectivity index (χ1n) is 9.77. The van der Waals surface area contributed by atoms with E-state index in [0.717, 1.165) is 16.3 Å². The zero-order valence-electron chi connectivity index (χ0n) is 16.6. The lowest BCUT2D eigenvalue weighted by atomic mass is 9.97. The Balaban J connectivity index is 1.64. The molecule has 2 heterocycles. The van der Waals surface area contributed by atoms with Gasteiger partial charge in [-0.05, 0) is 34.4 Å². The summed E-state index contributed by atoms with van der Waals surface area (Å²) in [4.78, 5) is 25.1. The molecule has 5 rings (SSSR count). The van der Waals surface area contributed by atoms with E-state index in [4.69, 9.17) is 4.52 Å². The summed E-state index contributed by atoms with van der Waals surface area (Å²) < 4.78 is 5.54. The number of benzene rings is 3. The molecule has 2 aromatic heterocycles. The SMILES string of the molecule is O=C(O)c1ccccc1-c1c(-c2ccsc2)noc1NC(=O)c1cccc2ccccc12. The van der Waals surface area contributed by atoms with Crippen molar-refractivity contribution in [1.82, 2.24) is 5.16 Å². The first-order valence-corrected chi connectivity index (χ1v) is 10.7. The molecule has 0 saturated carbocycles. The number of nitrogens with one attached hydrogen (secondary N) is 1. The van der Waals surface area contributed by atoms with Gasteiger partial charge in [-0.2, -0.15) is 11.3 Å². The number of carbonyl (C=O) groups excluding carboxylic acids is 1. The monoisotopic (exact) mass is 440 g/mol. The summed E-state index contributed by atoms with van der Waals surface area (Å²) in [5, 5.41) is 22.2. The molecule has 0 bridgehead atoms. The summed E-state index contributed by atoms with van der Waals surface area (Å²) >= 11 is 1.48. The maximum atomic E-state index is 13.2. The molecule has 2 N–H and O–H groups in total. The minimum Gasteiger partial charge on any atom is -0.478 e. The lowest BCUT2D eigenvalue weighted by molar-refractivity contribution is 0.0697. The molecule has 0 radical (unpaired) electrons. The number of amides is 1. The molecular formula is C25H16N2O4S. The smallest absolute Gasteiger partial charge is 0.336 e. The van der Waals surface area contributed by atoms with E-state index < -0.39 is 5.97 Å². The van der Waals surface area contributed by atoms with Crippen LogP contribution in [0.15, 0.2) is 88.1 Å². The largest absolute Gasteiger partial charge is 0.478 e. The first-order chi connectivity index (χ1) is 15.6. The van der Waals surface area contributed by atoms with Gasteiger partial charge in [-0.3, -0.25) is 10.1 Å². The number of carboxylic acid groups (broad SMARTS) is 1. The maximum absolute atomic E-state index is 13.2. The molecule has 0 saturated heterocycles. The number of carboxylic acids is 1. The fourth-order valence-corrected chi connectivity index (χ4v) is 4.34. The molecule has 156 valence electrons. The second kappa shape index (κ2) is 8.13. The summed E-state index contributed by atoms with van der Waals surface area (Å²) in [5.41, 5.74) is 2.65. The highest BCUT2D eigenvalue weighted by molar-refractivity contribution is 7.08. The molecule has 5 aromatic rings. The highest BCUT2D eigenvalue weighted by Gasteiger charge is 2.25. The van der Waals surface area contributed by atoms with Crippen molar-refractivity contribution in [2.75, 3.05) is 5.32 Å². The quantitative estimate of drug-likeness (QED) is 0.341. The van der Waals surface area contributed by atoms with Crippen molar-refractivity contribution in [2.45, 2.75) is 0 Å². The molecule has 6 nitrogen and oxygen atoms in total. The zero-order chi connectivity index (χ0) is 22.1. The van der Waals surface area contributed by atoms with Gasteiger partial charge in [-0.25, -0.2) is 4.79 Å². The second-order valence-electron chi connectivity index (χ2n) is 7.08. The minimum absolute atomic E-state index is 0.0906. The van der Waals surface area contributed by atoms with E-state index in [-0.39, 0.29) is 17.4 Å². The molecule has 3 aromatic carbocycles. The normalized spacial score (nSPS) is 10.9. The van der Waals surface area contributed by atoms with Gasteiger partial charge in [0, 0.05) is 22.1 Å². The molecule has 0 atom stereocenters. The van der Waals surface area contributed by atoms with Gasteiger partial charge in [0.2, 0.25) is 5.88 Å². The van der Waals surface area contributed by atoms with Crippen molar-refractivity contribution in [3.63, 3.8) is 0 Å². The standard InChI is InChI=1S/C25H16N2O4S/c28-23(19-11-5-7-15-6-1-2-8-17(15)19)26-24-21(18-9-3-4-10-20(18)25(29)30)22(27-31-24)16-12-13-32-14-16/h1-14H,(H,26,28)(H,29,30). The molecule has 32 heavy (non-hydrogen) atoms. The van der Waals surface area contributed by atoms with Crippen LogP contribution in [-0.4, -0.2) is 22.1 Å². The van der Waals surface area contributed by atoms with Crippen LogP contribution in [-0.2, 0) is 0 Å². The molecule has 0 unspecified atom stereocenters. The van der Waals surface area contributed by atoms with Crippen LogP contribution in [0.3, 0.4) is 0 Å². The topological polar surface area (TPSA) is 92.4 Å². The van der Waals surface area contributed by atoms with Crippen LogP contribution in [0, 0.1) is 0 Å². The van der Waals surface area contributed by atoms with Gasteiger partial charge in [0.05, 0.1) is 11.1 Å². The van der Waals surface area contributed by atoms with E-state index in [1.165, 1.54) is 17.4 Å². The third kappa shape index (κ3) is 3.44. The van der Waals surface area contributed by atoms with Gasteiger partial charge in [-0.15, -0.1) is 0 Å². The number of rotatable bonds is 5. The summed E-state index contributed by atoms with van der Waals surface area (Å²) in [6, 6.07) is 21.5. The Morgan fingerprint density at radius 1 is 0.906 bits per heavy atom. The molecule has 1 amide bonds. The van der Waals surface area contributed by atoms with Crippen LogP contribution in [0.5, 0.6) is 0 Å². The number of hydrogen-bond acceptors (Lipinski definition) is 5. The van der Waals surface area contributed by atoms with Gasteiger partial charge in [0.25, 0.3) is 5.91 Å². The van der Waals surface area contributed by atoms with Crippen LogP contribution >= 0.6 is 11.3 Å². The molecule has 0 aliphatic carbocycles. The number of carbonyl (C=O) groups is 2. The van der Waals surface area contributed by atoms with Gasteiger partial charge < -0.3 is 9.63 Å². The first kappa shape index (κ1) is 19.7. The van der Waals surface area contributed by atoms with Crippen LogP contribution in [0.1, 0.15) is 20.7 Å². The van der Waals surface area contributed by atoms with Gasteiger partial charge in [-0.1, -0.05) is 59.8 Å². The van der Waals surface area contributed by atoms with E-state index in [1.54, 1.807) is 24.3 Å². The average Bonchev–Trinajstić information content (AvgIpc) is 3.48. The highest BCUT2D eigenvalue weighted by Crippen LogP contribution is 2.40. The Morgan fingerprint density at radius 2 is 1.66 bits per heavy atom. The van der Waals surface area contributed by atoms with Crippen LogP contribution in [0.2, 0.25) is 0 Å². The number of fused-ring (bicyclic) bond motifs is 1. The third-order valence-corrected chi connectivity index (χ3v) is 5.86. The Kier molecular flexibility index (Phi) is 5.01. The lowest BCUT2D eigenvalue weighted by Crippen LogP contribution is -2.13. The van der Waals surface area contributed by atoms with E-state index >= 15 is 0 Å². The summed E-state index contributed by atoms with van der Waals surface area (Å²) in [7, 11) is 0. The zero-order valence-corrected chi connectivity index (χ0v) is 17.4. The lowest BCUT2D eigenvalue weighted by Gasteiger charge is -2.10. The van der Waals surface area contributed by atoms with Crippen molar-refractivity contribution in [3.05, 3.63) is 94.7 Å². The van der Waals surface area contributed by atoms with E-state index in [1.807, 2.05) is 53.2 Å². The molecule has 0 spiro atoms.